The number of benzene rings is 3. The molecule has 0 fully saturated rings. The summed E-state index contributed by atoms with van der Waals surface area (Å²) in [6.45, 7) is 1.35. The van der Waals surface area contributed by atoms with E-state index >= 15 is 0 Å². The molecule has 0 aliphatic carbocycles. The molecule has 1 unspecified atom stereocenters. The summed E-state index contributed by atoms with van der Waals surface area (Å²) in [5.74, 6) is 0.770. The molecule has 3 aromatic carbocycles. The van der Waals surface area contributed by atoms with Gasteiger partial charge in [0.15, 0.2) is 0 Å². The van der Waals surface area contributed by atoms with Crippen molar-refractivity contribution < 1.29 is 19.4 Å². The molecule has 26 heavy (non-hydrogen) atoms. The van der Waals surface area contributed by atoms with E-state index in [1.807, 2.05) is 54.6 Å². The van der Waals surface area contributed by atoms with Gasteiger partial charge in [0.2, 0.25) is 0 Å². The minimum atomic E-state index is -1.34. The molecule has 0 saturated heterocycles. The van der Waals surface area contributed by atoms with Gasteiger partial charge in [-0.05, 0) is 41.0 Å². The molecular weight excluding hydrogens is 328 g/mol. The van der Waals surface area contributed by atoms with Crippen molar-refractivity contribution in [1.82, 2.24) is 0 Å². The zero-order valence-electron chi connectivity index (χ0n) is 14.7. The van der Waals surface area contributed by atoms with Crippen molar-refractivity contribution >= 4 is 5.97 Å². The number of carbonyl (C=O) groups excluding carboxylic acids is 1. The van der Waals surface area contributed by atoms with Crippen molar-refractivity contribution in [1.29, 1.82) is 0 Å². The lowest BCUT2D eigenvalue weighted by molar-refractivity contribution is -0.131. The molecule has 0 bridgehead atoms. The van der Waals surface area contributed by atoms with E-state index in [1.54, 1.807) is 31.4 Å². The van der Waals surface area contributed by atoms with Crippen LogP contribution in [0.25, 0.3) is 0 Å². The van der Waals surface area contributed by atoms with Crippen molar-refractivity contribution in [2.75, 3.05) is 7.11 Å². The number of esters is 1. The van der Waals surface area contributed by atoms with Crippen molar-refractivity contribution in [2.45, 2.75) is 12.5 Å². The Morgan fingerprint density at radius 3 is 1.69 bits per heavy atom. The average Bonchev–Trinajstić information content (AvgIpc) is 2.68. The lowest BCUT2D eigenvalue weighted by atomic mass is 9.80. The van der Waals surface area contributed by atoms with Crippen LogP contribution in [0.5, 0.6) is 11.5 Å². The molecule has 0 aliphatic rings. The van der Waals surface area contributed by atoms with Gasteiger partial charge >= 0.3 is 5.97 Å². The molecule has 0 aliphatic heterocycles. The third-order valence-corrected chi connectivity index (χ3v) is 4.23. The van der Waals surface area contributed by atoms with E-state index in [0.29, 0.717) is 16.9 Å². The van der Waals surface area contributed by atoms with Gasteiger partial charge in [-0.2, -0.15) is 0 Å². The molecule has 3 aromatic rings. The van der Waals surface area contributed by atoms with Crippen LogP contribution >= 0.6 is 0 Å². The fourth-order valence-corrected chi connectivity index (χ4v) is 2.94. The van der Waals surface area contributed by atoms with Crippen LogP contribution in [0.2, 0.25) is 0 Å². The molecule has 0 amide bonds. The molecule has 1 atom stereocenters. The van der Waals surface area contributed by atoms with Gasteiger partial charge in [0, 0.05) is 6.92 Å². The highest BCUT2D eigenvalue weighted by Crippen LogP contribution is 2.37. The first kappa shape index (κ1) is 17.7. The number of ether oxygens (including phenoxy) is 2. The first-order chi connectivity index (χ1) is 12.5. The minimum Gasteiger partial charge on any atom is -0.497 e. The number of methoxy groups -OCH3 is 1. The average molecular weight is 348 g/mol. The maximum Gasteiger partial charge on any atom is 0.308 e. The fraction of sp³-hybridized carbons (Fsp3) is 0.136. The Hall–Kier alpha value is -3.11. The van der Waals surface area contributed by atoms with Crippen LogP contribution in [0, 0.1) is 0 Å². The number of carbonyl (C=O) groups is 1. The first-order valence-corrected chi connectivity index (χ1v) is 8.25. The molecule has 132 valence electrons. The van der Waals surface area contributed by atoms with Crippen LogP contribution in [0.15, 0.2) is 78.9 Å². The number of rotatable bonds is 5. The van der Waals surface area contributed by atoms with E-state index < -0.39 is 5.60 Å². The van der Waals surface area contributed by atoms with Crippen molar-refractivity contribution in [2.24, 2.45) is 0 Å². The van der Waals surface area contributed by atoms with Gasteiger partial charge in [0.25, 0.3) is 0 Å². The highest BCUT2D eigenvalue weighted by Gasteiger charge is 2.33. The summed E-state index contributed by atoms with van der Waals surface area (Å²) >= 11 is 0. The molecular formula is C22H20O4. The van der Waals surface area contributed by atoms with Gasteiger partial charge in [-0.15, -0.1) is 0 Å². The molecule has 0 saturated carbocycles. The van der Waals surface area contributed by atoms with Crippen LogP contribution in [0.4, 0.5) is 0 Å². The summed E-state index contributed by atoms with van der Waals surface area (Å²) in [5, 5.41) is 11.7. The van der Waals surface area contributed by atoms with Crippen LogP contribution in [-0.4, -0.2) is 18.2 Å². The number of hydrogen-bond acceptors (Lipinski definition) is 4. The van der Waals surface area contributed by atoms with Gasteiger partial charge in [0.1, 0.15) is 17.1 Å². The van der Waals surface area contributed by atoms with E-state index in [4.69, 9.17) is 9.47 Å². The predicted octanol–water partition coefficient (Wildman–Crippen LogP) is 3.90. The molecule has 4 nitrogen and oxygen atoms in total. The minimum absolute atomic E-state index is 0.383. The van der Waals surface area contributed by atoms with Gasteiger partial charge in [-0.25, -0.2) is 0 Å². The second-order valence-corrected chi connectivity index (χ2v) is 5.92. The van der Waals surface area contributed by atoms with Gasteiger partial charge < -0.3 is 14.6 Å². The maximum absolute atomic E-state index is 11.7. The quantitative estimate of drug-likeness (QED) is 0.432. The van der Waals surface area contributed by atoms with Crippen molar-refractivity contribution in [3.8, 4) is 11.5 Å². The first-order valence-electron chi connectivity index (χ1n) is 8.25. The molecule has 1 N–H and O–H groups in total. The standard InChI is InChI=1S/C22H20O4/c1-16(23)26-21-14-10-19(11-15-21)22(24,17-6-4-3-5-7-17)18-8-12-20(25-2)13-9-18/h3-15,24H,1-2H3. The van der Waals surface area contributed by atoms with Crippen molar-refractivity contribution in [3.05, 3.63) is 95.6 Å². The normalized spacial score (nSPS) is 12.9. The van der Waals surface area contributed by atoms with Crippen LogP contribution in [0.3, 0.4) is 0 Å². The fourth-order valence-electron chi connectivity index (χ4n) is 2.94. The predicted molar refractivity (Wildman–Crippen MR) is 99.3 cm³/mol. The van der Waals surface area contributed by atoms with Crippen LogP contribution < -0.4 is 9.47 Å². The second kappa shape index (κ2) is 7.42. The Kier molecular flexibility index (Phi) is 5.05. The summed E-state index contributed by atoms with van der Waals surface area (Å²) in [6.07, 6.45) is 0. The Bertz CT molecular complexity index is 870. The third kappa shape index (κ3) is 3.46. The Morgan fingerprint density at radius 2 is 1.23 bits per heavy atom. The van der Waals surface area contributed by atoms with Crippen LogP contribution in [0.1, 0.15) is 23.6 Å². The summed E-state index contributed by atoms with van der Waals surface area (Å²) in [6, 6.07) is 23.6. The molecule has 4 heteroatoms. The lowest BCUT2D eigenvalue weighted by Crippen LogP contribution is -2.28. The zero-order chi connectivity index (χ0) is 18.6. The second-order valence-electron chi connectivity index (χ2n) is 5.92. The van der Waals surface area contributed by atoms with E-state index in [9.17, 15) is 9.90 Å². The Morgan fingerprint density at radius 1 is 0.769 bits per heavy atom. The van der Waals surface area contributed by atoms with Gasteiger partial charge in [0.05, 0.1) is 7.11 Å². The van der Waals surface area contributed by atoms with Crippen molar-refractivity contribution in [3.63, 3.8) is 0 Å². The number of aliphatic hydroxyl groups is 1. The molecule has 0 spiro atoms. The highest BCUT2D eigenvalue weighted by atomic mass is 16.5. The smallest absolute Gasteiger partial charge is 0.308 e. The highest BCUT2D eigenvalue weighted by molar-refractivity contribution is 5.69. The van der Waals surface area contributed by atoms with Crippen LogP contribution in [-0.2, 0) is 10.4 Å². The van der Waals surface area contributed by atoms with E-state index in [0.717, 1.165) is 11.3 Å². The van der Waals surface area contributed by atoms with E-state index in [1.165, 1.54) is 6.92 Å². The van der Waals surface area contributed by atoms with Gasteiger partial charge in [-0.3, -0.25) is 4.79 Å². The van der Waals surface area contributed by atoms with E-state index in [-0.39, 0.29) is 5.97 Å². The summed E-state index contributed by atoms with van der Waals surface area (Å²) < 4.78 is 10.3. The Balaban J connectivity index is 2.10. The lowest BCUT2D eigenvalue weighted by Gasteiger charge is -2.30. The Labute approximate surface area is 152 Å². The molecule has 0 radical (unpaired) electrons. The third-order valence-electron chi connectivity index (χ3n) is 4.23. The maximum atomic E-state index is 11.7. The van der Waals surface area contributed by atoms with Gasteiger partial charge in [-0.1, -0.05) is 54.6 Å². The molecule has 0 aromatic heterocycles. The zero-order valence-corrected chi connectivity index (χ0v) is 14.7. The largest absolute Gasteiger partial charge is 0.497 e. The summed E-state index contributed by atoms with van der Waals surface area (Å²) in [4.78, 5) is 11.1. The topological polar surface area (TPSA) is 55.8 Å². The summed E-state index contributed by atoms with van der Waals surface area (Å²) in [5.41, 5.74) is 0.780. The monoisotopic (exact) mass is 348 g/mol. The molecule has 3 rings (SSSR count). The SMILES string of the molecule is COc1ccc(C(O)(c2ccccc2)c2ccc(OC(C)=O)cc2)cc1. The molecule has 0 heterocycles. The number of hydrogen-bond donors (Lipinski definition) is 1. The van der Waals surface area contributed by atoms with E-state index in [2.05, 4.69) is 0 Å². The summed E-state index contributed by atoms with van der Waals surface area (Å²) in [7, 11) is 1.60.